The van der Waals surface area contributed by atoms with Crippen LogP contribution in [-0.4, -0.2) is 29.1 Å². The largest absolute Gasteiger partial charge is 0.275 e. The Bertz CT molecular complexity index is 391. The third-order valence-corrected chi connectivity index (χ3v) is 5.43. The molecule has 0 saturated carbocycles. The van der Waals surface area contributed by atoms with Gasteiger partial charge in [0, 0.05) is 24.6 Å². The van der Waals surface area contributed by atoms with Gasteiger partial charge in [0.05, 0.1) is 0 Å². The van der Waals surface area contributed by atoms with Gasteiger partial charge >= 0.3 is 0 Å². The lowest BCUT2D eigenvalue weighted by molar-refractivity contribution is -0.136. The predicted molar refractivity (Wildman–Crippen MR) is 110 cm³/mol. The summed E-state index contributed by atoms with van der Waals surface area (Å²) < 4.78 is 0. The highest BCUT2D eigenvalue weighted by molar-refractivity contribution is 6.17. The Morgan fingerprint density at radius 1 is 0.538 bits per heavy atom. The molecule has 0 aliphatic carbocycles. The number of hydrogen-bond donors (Lipinski definition) is 0. The molecule has 0 spiro atoms. The first kappa shape index (κ1) is 23.2. The molecule has 2 amide bonds. The number of amides is 2. The van der Waals surface area contributed by atoms with Crippen LogP contribution in [0.15, 0.2) is 12.2 Å². The van der Waals surface area contributed by atoms with E-state index >= 15 is 0 Å². The maximum atomic E-state index is 11.4. The van der Waals surface area contributed by atoms with Crippen LogP contribution >= 0.6 is 11.6 Å². The van der Waals surface area contributed by atoms with Gasteiger partial charge < -0.3 is 0 Å². The molecule has 0 radical (unpaired) electrons. The minimum atomic E-state index is -0.152. The molecule has 0 fully saturated rings. The monoisotopic (exact) mass is 383 g/mol. The summed E-state index contributed by atoms with van der Waals surface area (Å²) in [6, 6.07) is 0. The normalized spacial score (nSPS) is 14.0. The number of carbonyl (C=O) groups excluding carboxylic acids is 2. The van der Waals surface area contributed by atoms with E-state index in [1.54, 1.807) is 0 Å². The van der Waals surface area contributed by atoms with E-state index in [4.69, 9.17) is 11.6 Å². The molecule has 0 N–H and O–H groups in total. The molecule has 1 aliphatic heterocycles. The van der Waals surface area contributed by atoms with E-state index in [1.807, 2.05) is 0 Å². The molecule has 0 saturated heterocycles. The standard InChI is InChI=1S/C22H38ClNO2/c23-19-15-13-11-9-7-5-3-1-2-4-6-8-10-12-14-16-20-24-21(25)17-18-22(24)26/h17-18H,1-16,19-20H2. The fraction of sp³-hybridized carbons (Fsp3) is 0.818. The van der Waals surface area contributed by atoms with Gasteiger partial charge in [-0.3, -0.25) is 14.5 Å². The molecule has 0 unspecified atom stereocenters. The second-order valence-electron chi connectivity index (χ2n) is 7.51. The van der Waals surface area contributed by atoms with Crippen LogP contribution in [0.1, 0.15) is 103 Å². The lowest BCUT2D eigenvalue weighted by Gasteiger charge is -2.12. The third kappa shape index (κ3) is 11.7. The number of carbonyl (C=O) groups is 2. The Morgan fingerprint density at radius 3 is 1.19 bits per heavy atom. The Balaban J connectivity index is 1.72. The third-order valence-electron chi connectivity index (χ3n) is 5.17. The van der Waals surface area contributed by atoms with E-state index in [2.05, 4.69) is 0 Å². The SMILES string of the molecule is O=C1C=CC(=O)N1CCCCCCCCCCCCCCCCCCCl. The summed E-state index contributed by atoms with van der Waals surface area (Å²) in [6.07, 6.45) is 23.5. The van der Waals surface area contributed by atoms with Crippen LogP contribution in [0.2, 0.25) is 0 Å². The number of hydrogen-bond acceptors (Lipinski definition) is 2. The first-order valence-electron chi connectivity index (χ1n) is 10.8. The molecule has 0 aromatic rings. The summed E-state index contributed by atoms with van der Waals surface area (Å²) in [5, 5.41) is 0. The van der Waals surface area contributed by atoms with Gasteiger partial charge in [-0.1, -0.05) is 89.9 Å². The van der Waals surface area contributed by atoms with Crippen molar-refractivity contribution in [1.29, 1.82) is 0 Å². The summed E-state index contributed by atoms with van der Waals surface area (Å²) >= 11 is 5.67. The van der Waals surface area contributed by atoms with Gasteiger partial charge in [0.1, 0.15) is 0 Å². The van der Waals surface area contributed by atoms with Gasteiger partial charge in [0.25, 0.3) is 11.8 Å². The van der Waals surface area contributed by atoms with Gasteiger partial charge in [0.2, 0.25) is 0 Å². The second kappa shape index (κ2) is 16.4. The molecule has 1 heterocycles. The molecule has 4 heteroatoms. The molecular weight excluding hydrogens is 346 g/mol. The number of nitrogens with zero attached hydrogens (tertiary/aromatic N) is 1. The summed E-state index contributed by atoms with van der Waals surface area (Å²) in [5.74, 6) is 0.515. The van der Waals surface area contributed by atoms with Crippen LogP contribution < -0.4 is 0 Å². The van der Waals surface area contributed by atoms with Gasteiger partial charge in [0.15, 0.2) is 0 Å². The maximum absolute atomic E-state index is 11.4. The first-order chi connectivity index (χ1) is 12.8. The minimum absolute atomic E-state index is 0.152. The minimum Gasteiger partial charge on any atom is -0.275 e. The molecule has 1 aliphatic rings. The highest BCUT2D eigenvalue weighted by Crippen LogP contribution is 2.14. The summed E-state index contributed by atoms with van der Waals surface area (Å²) in [6.45, 7) is 0.581. The quantitative estimate of drug-likeness (QED) is 0.156. The van der Waals surface area contributed by atoms with Crippen LogP contribution in [0.5, 0.6) is 0 Å². The summed E-state index contributed by atoms with van der Waals surface area (Å²) in [5.41, 5.74) is 0. The van der Waals surface area contributed by atoms with Crippen LogP contribution in [0, 0.1) is 0 Å². The zero-order valence-electron chi connectivity index (χ0n) is 16.5. The second-order valence-corrected chi connectivity index (χ2v) is 7.89. The number of alkyl halides is 1. The van der Waals surface area contributed by atoms with Crippen molar-refractivity contribution >= 4 is 23.4 Å². The summed E-state index contributed by atoms with van der Waals surface area (Å²) in [4.78, 5) is 24.2. The van der Waals surface area contributed by atoms with Gasteiger partial charge in [-0.05, 0) is 12.8 Å². The lowest BCUT2D eigenvalue weighted by Crippen LogP contribution is -2.30. The Hall–Kier alpha value is -0.830. The van der Waals surface area contributed by atoms with E-state index in [0.29, 0.717) is 6.54 Å². The molecule has 0 aromatic heterocycles. The van der Waals surface area contributed by atoms with Crippen molar-refractivity contribution in [3.05, 3.63) is 12.2 Å². The van der Waals surface area contributed by atoms with E-state index in [1.165, 1.54) is 107 Å². The van der Waals surface area contributed by atoms with Gasteiger partial charge in [-0.2, -0.15) is 0 Å². The van der Waals surface area contributed by atoms with Crippen molar-refractivity contribution in [3.63, 3.8) is 0 Å². The Morgan fingerprint density at radius 2 is 0.846 bits per heavy atom. The van der Waals surface area contributed by atoms with Crippen molar-refractivity contribution in [2.45, 2.75) is 103 Å². The predicted octanol–water partition coefficient (Wildman–Crippen LogP) is 6.39. The molecule has 26 heavy (non-hydrogen) atoms. The number of rotatable bonds is 18. The van der Waals surface area contributed by atoms with E-state index in [9.17, 15) is 9.59 Å². The lowest BCUT2D eigenvalue weighted by atomic mass is 10.0. The zero-order chi connectivity index (χ0) is 18.9. The first-order valence-corrected chi connectivity index (χ1v) is 11.4. The fourth-order valence-electron chi connectivity index (χ4n) is 3.49. The van der Waals surface area contributed by atoms with Crippen LogP contribution in [0.4, 0.5) is 0 Å². The number of unbranched alkanes of at least 4 members (excludes halogenated alkanes) is 15. The zero-order valence-corrected chi connectivity index (χ0v) is 17.3. The molecule has 3 nitrogen and oxygen atoms in total. The molecule has 0 atom stereocenters. The highest BCUT2D eigenvalue weighted by atomic mass is 35.5. The molecule has 0 bridgehead atoms. The Labute approximate surface area is 165 Å². The van der Waals surface area contributed by atoms with Gasteiger partial charge in [-0.25, -0.2) is 0 Å². The average molecular weight is 384 g/mol. The highest BCUT2D eigenvalue weighted by Gasteiger charge is 2.21. The van der Waals surface area contributed by atoms with E-state index in [-0.39, 0.29) is 11.8 Å². The molecule has 150 valence electrons. The van der Waals surface area contributed by atoms with Crippen LogP contribution in [-0.2, 0) is 9.59 Å². The van der Waals surface area contributed by atoms with Crippen LogP contribution in [0.3, 0.4) is 0 Å². The topological polar surface area (TPSA) is 37.4 Å². The molecule has 1 rings (SSSR count). The Kier molecular flexibility index (Phi) is 14.6. The van der Waals surface area contributed by atoms with Crippen molar-refractivity contribution in [1.82, 2.24) is 4.90 Å². The van der Waals surface area contributed by atoms with E-state index < -0.39 is 0 Å². The van der Waals surface area contributed by atoms with Crippen LogP contribution in [0.25, 0.3) is 0 Å². The molecule has 0 aromatic carbocycles. The summed E-state index contributed by atoms with van der Waals surface area (Å²) in [7, 11) is 0. The smallest absolute Gasteiger partial charge is 0.253 e. The van der Waals surface area contributed by atoms with Crippen molar-refractivity contribution in [2.24, 2.45) is 0 Å². The average Bonchev–Trinajstić information content (AvgIpc) is 2.96. The van der Waals surface area contributed by atoms with Crippen molar-refractivity contribution in [3.8, 4) is 0 Å². The maximum Gasteiger partial charge on any atom is 0.253 e. The number of imide groups is 1. The van der Waals surface area contributed by atoms with E-state index in [0.717, 1.165) is 18.7 Å². The fourth-order valence-corrected chi connectivity index (χ4v) is 3.68. The number of halogens is 1. The van der Waals surface area contributed by atoms with Crippen molar-refractivity contribution < 1.29 is 9.59 Å². The molecular formula is C22H38ClNO2. The van der Waals surface area contributed by atoms with Crippen molar-refractivity contribution in [2.75, 3.05) is 12.4 Å². The van der Waals surface area contributed by atoms with Gasteiger partial charge in [-0.15, -0.1) is 11.6 Å².